The molecule has 0 radical (unpaired) electrons. The molecule has 1 amide bonds. The minimum atomic E-state index is -0.251. The predicted octanol–water partition coefficient (Wildman–Crippen LogP) is 4.60. The van der Waals surface area contributed by atoms with Gasteiger partial charge in [0.05, 0.1) is 22.0 Å². The van der Waals surface area contributed by atoms with Crippen molar-refractivity contribution in [2.45, 2.75) is 6.54 Å². The maximum absolute atomic E-state index is 12.4. The Bertz CT molecular complexity index is 837. The third-order valence-corrected chi connectivity index (χ3v) is 3.79. The highest BCUT2D eigenvalue weighted by atomic mass is 35.5. The lowest BCUT2D eigenvalue weighted by atomic mass is 10.2. The second-order valence-corrected chi connectivity index (χ2v) is 5.64. The summed E-state index contributed by atoms with van der Waals surface area (Å²) < 4.78 is 0. The Morgan fingerprint density at radius 1 is 1.00 bits per heavy atom. The Morgan fingerprint density at radius 3 is 2.54 bits per heavy atom. The molecule has 0 aliphatic rings. The summed E-state index contributed by atoms with van der Waals surface area (Å²) in [6.07, 6.45) is 3.22. The first kappa shape index (κ1) is 16.0. The van der Waals surface area contributed by atoms with Crippen LogP contribution in [0, 0.1) is 0 Å². The molecule has 3 aromatic rings. The van der Waals surface area contributed by atoms with Crippen molar-refractivity contribution in [3.8, 4) is 0 Å². The SMILES string of the molecule is O=C(Nc1ccccc1Cl)c1cncc(NCc2ccccc2)c1. The lowest BCUT2D eigenvalue weighted by Crippen LogP contribution is -2.13. The van der Waals surface area contributed by atoms with E-state index in [4.69, 9.17) is 11.6 Å². The number of nitrogens with one attached hydrogen (secondary N) is 2. The number of carbonyl (C=O) groups is 1. The van der Waals surface area contributed by atoms with Gasteiger partial charge in [0.1, 0.15) is 0 Å². The van der Waals surface area contributed by atoms with Gasteiger partial charge >= 0.3 is 0 Å². The minimum Gasteiger partial charge on any atom is -0.380 e. The first-order valence-electron chi connectivity index (χ1n) is 7.51. The quantitative estimate of drug-likeness (QED) is 0.715. The van der Waals surface area contributed by atoms with Crippen LogP contribution in [0.3, 0.4) is 0 Å². The predicted molar refractivity (Wildman–Crippen MR) is 97.4 cm³/mol. The van der Waals surface area contributed by atoms with Crippen LogP contribution >= 0.6 is 11.6 Å². The highest BCUT2D eigenvalue weighted by Gasteiger charge is 2.09. The number of amides is 1. The molecule has 0 aliphatic heterocycles. The lowest BCUT2D eigenvalue weighted by Gasteiger charge is -2.09. The second-order valence-electron chi connectivity index (χ2n) is 5.24. The zero-order valence-corrected chi connectivity index (χ0v) is 13.6. The van der Waals surface area contributed by atoms with Crippen molar-refractivity contribution in [2.75, 3.05) is 10.6 Å². The summed E-state index contributed by atoms with van der Waals surface area (Å²) in [4.78, 5) is 16.5. The smallest absolute Gasteiger partial charge is 0.257 e. The number of halogens is 1. The van der Waals surface area contributed by atoms with Crippen molar-refractivity contribution in [1.82, 2.24) is 4.98 Å². The number of para-hydroxylation sites is 1. The van der Waals surface area contributed by atoms with Crippen molar-refractivity contribution < 1.29 is 4.79 Å². The summed E-state index contributed by atoms with van der Waals surface area (Å²) in [5.41, 5.74) is 2.98. The van der Waals surface area contributed by atoms with E-state index in [1.54, 1.807) is 24.4 Å². The zero-order chi connectivity index (χ0) is 16.8. The van der Waals surface area contributed by atoms with Gasteiger partial charge in [-0.2, -0.15) is 0 Å². The number of nitrogens with zero attached hydrogens (tertiary/aromatic N) is 1. The first-order chi connectivity index (χ1) is 11.7. The van der Waals surface area contributed by atoms with E-state index in [1.165, 1.54) is 6.20 Å². The molecule has 0 bridgehead atoms. The van der Waals surface area contributed by atoms with E-state index in [1.807, 2.05) is 42.5 Å². The van der Waals surface area contributed by atoms with Gasteiger partial charge in [-0.15, -0.1) is 0 Å². The molecule has 0 atom stereocenters. The van der Waals surface area contributed by atoms with Gasteiger partial charge in [0.25, 0.3) is 5.91 Å². The second kappa shape index (κ2) is 7.62. The number of carbonyl (C=O) groups excluding carboxylic acids is 1. The molecule has 24 heavy (non-hydrogen) atoms. The molecular formula is C19H16ClN3O. The van der Waals surface area contributed by atoms with Crippen LogP contribution in [0.5, 0.6) is 0 Å². The number of hydrogen-bond acceptors (Lipinski definition) is 3. The van der Waals surface area contributed by atoms with E-state index in [2.05, 4.69) is 15.6 Å². The van der Waals surface area contributed by atoms with Crippen LogP contribution in [0.1, 0.15) is 15.9 Å². The van der Waals surface area contributed by atoms with Crippen molar-refractivity contribution in [2.24, 2.45) is 0 Å². The van der Waals surface area contributed by atoms with Crippen LogP contribution in [0.4, 0.5) is 11.4 Å². The number of anilines is 2. The summed E-state index contributed by atoms with van der Waals surface area (Å²) in [5.74, 6) is -0.251. The number of hydrogen-bond donors (Lipinski definition) is 2. The van der Waals surface area contributed by atoms with Crippen molar-refractivity contribution in [3.05, 3.63) is 89.2 Å². The Labute approximate surface area is 145 Å². The maximum atomic E-state index is 12.4. The Kier molecular flexibility index (Phi) is 5.08. The molecular weight excluding hydrogens is 322 g/mol. The molecule has 2 aromatic carbocycles. The van der Waals surface area contributed by atoms with Crippen LogP contribution in [0.25, 0.3) is 0 Å². The van der Waals surface area contributed by atoms with Gasteiger partial charge < -0.3 is 10.6 Å². The first-order valence-corrected chi connectivity index (χ1v) is 7.89. The fourth-order valence-electron chi connectivity index (χ4n) is 2.22. The van der Waals surface area contributed by atoms with Gasteiger partial charge in [-0.1, -0.05) is 54.1 Å². The summed E-state index contributed by atoms with van der Waals surface area (Å²) >= 11 is 6.06. The Hall–Kier alpha value is -2.85. The van der Waals surface area contributed by atoms with Crippen LogP contribution in [-0.2, 0) is 6.54 Å². The fraction of sp³-hybridized carbons (Fsp3) is 0.0526. The third-order valence-electron chi connectivity index (χ3n) is 3.46. The van der Waals surface area contributed by atoms with Crippen molar-refractivity contribution in [3.63, 3.8) is 0 Å². The average Bonchev–Trinajstić information content (AvgIpc) is 2.63. The monoisotopic (exact) mass is 337 g/mol. The standard InChI is InChI=1S/C19H16ClN3O/c20-17-8-4-5-9-18(17)23-19(24)15-10-16(13-21-12-15)22-11-14-6-2-1-3-7-14/h1-10,12-13,22H,11H2,(H,23,24). The normalized spacial score (nSPS) is 10.2. The van der Waals surface area contributed by atoms with Crippen LogP contribution in [0.2, 0.25) is 5.02 Å². The molecule has 4 nitrogen and oxygen atoms in total. The Balaban J connectivity index is 1.68. The molecule has 0 saturated carbocycles. The lowest BCUT2D eigenvalue weighted by molar-refractivity contribution is 0.102. The minimum absolute atomic E-state index is 0.251. The molecule has 0 unspecified atom stereocenters. The highest BCUT2D eigenvalue weighted by Crippen LogP contribution is 2.21. The number of benzene rings is 2. The maximum Gasteiger partial charge on any atom is 0.257 e. The van der Waals surface area contributed by atoms with Crippen LogP contribution in [0.15, 0.2) is 73.1 Å². The Morgan fingerprint density at radius 2 is 1.75 bits per heavy atom. The molecule has 120 valence electrons. The van der Waals surface area contributed by atoms with Gasteiger partial charge in [0.15, 0.2) is 0 Å². The topological polar surface area (TPSA) is 54.0 Å². The summed E-state index contributed by atoms with van der Waals surface area (Å²) in [6.45, 7) is 0.665. The summed E-state index contributed by atoms with van der Waals surface area (Å²) in [5, 5.41) is 6.55. The van der Waals surface area contributed by atoms with Crippen LogP contribution in [-0.4, -0.2) is 10.9 Å². The number of aromatic nitrogens is 1. The summed E-state index contributed by atoms with van der Waals surface area (Å²) in [7, 11) is 0. The van der Waals surface area contributed by atoms with Gasteiger partial charge in [-0.05, 0) is 23.8 Å². The van der Waals surface area contributed by atoms with Crippen molar-refractivity contribution >= 4 is 28.9 Å². The van der Waals surface area contributed by atoms with E-state index in [-0.39, 0.29) is 5.91 Å². The molecule has 3 rings (SSSR count). The van der Waals surface area contributed by atoms with Gasteiger partial charge in [-0.25, -0.2) is 0 Å². The van der Waals surface area contributed by atoms with Gasteiger partial charge in [0, 0.05) is 18.9 Å². The van der Waals surface area contributed by atoms with E-state index in [0.29, 0.717) is 22.8 Å². The molecule has 1 heterocycles. The van der Waals surface area contributed by atoms with E-state index < -0.39 is 0 Å². The molecule has 2 N–H and O–H groups in total. The largest absolute Gasteiger partial charge is 0.380 e. The summed E-state index contributed by atoms with van der Waals surface area (Å²) in [6, 6.07) is 18.9. The van der Waals surface area contributed by atoms with E-state index >= 15 is 0 Å². The van der Waals surface area contributed by atoms with E-state index in [9.17, 15) is 4.79 Å². The molecule has 0 aliphatic carbocycles. The molecule has 1 aromatic heterocycles. The molecule has 0 saturated heterocycles. The molecule has 0 spiro atoms. The van der Waals surface area contributed by atoms with Gasteiger partial charge in [0.2, 0.25) is 0 Å². The molecule has 0 fully saturated rings. The third kappa shape index (κ3) is 4.12. The van der Waals surface area contributed by atoms with Crippen LogP contribution < -0.4 is 10.6 Å². The average molecular weight is 338 g/mol. The molecule has 5 heteroatoms. The zero-order valence-electron chi connectivity index (χ0n) is 12.9. The van der Waals surface area contributed by atoms with Crippen molar-refractivity contribution in [1.29, 1.82) is 0 Å². The van der Waals surface area contributed by atoms with E-state index in [0.717, 1.165) is 11.3 Å². The number of pyridine rings is 1. The van der Waals surface area contributed by atoms with Gasteiger partial charge in [-0.3, -0.25) is 9.78 Å². The highest BCUT2D eigenvalue weighted by molar-refractivity contribution is 6.33. The number of rotatable bonds is 5. The fourth-order valence-corrected chi connectivity index (χ4v) is 2.40.